The number of quaternary nitrogens is 1. The standard InChI is InChI=1S/C20H23BrN2O4/c1-3-26-18(24)13-22-19(14-8-6-5-7-9-14)16-12-15(21)10-11-17(16)23-20(25)27-4-2/h5-12,19,22H,3-4,13H2,1-2H3,(H,23,25)/p+1. The molecule has 0 saturated heterocycles. The van der Waals surface area contributed by atoms with E-state index in [4.69, 9.17) is 9.47 Å². The summed E-state index contributed by atoms with van der Waals surface area (Å²) in [5, 5.41) is 4.68. The monoisotopic (exact) mass is 435 g/mol. The van der Waals surface area contributed by atoms with E-state index in [-0.39, 0.29) is 25.2 Å². The molecule has 2 aromatic rings. The molecule has 2 rings (SSSR count). The first-order chi connectivity index (χ1) is 13.0. The van der Waals surface area contributed by atoms with Crippen LogP contribution in [-0.2, 0) is 14.3 Å². The van der Waals surface area contributed by atoms with Crippen molar-refractivity contribution in [3.8, 4) is 0 Å². The molecular formula is C20H24BrN2O4+. The third kappa shape index (κ3) is 6.37. The van der Waals surface area contributed by atoms with Crippen molar-refractivity contribution in [2.24, 2.45) is 0 Å². The normalized spacial score (nSPS) is 11.5. The summed E-state index contributed by atoms with van der Waals surface area (Å²) in [5.41, 5.74) is 2.49. The van der Waals surface area contributed by atoms with E-state index in [9.17, 15) is 9.59 Å². The zero-order valence-electron chi connectivity index (χ0n) is 15.4. The number of esters is 1. The lowest BCUT2D eigenvalue weighted by Crippen LogP contribution is -2.87. The van der Waals surface area contributed by atoms with Crippen molar-refractivity contribution in [1.29, 1.82) is 0 Å². The van der Waals surface area contributed by atoms with E-state index in [1.54, 1.807) is 13.8 Å². The Morgan fingerprint density at radius 2 is 1.78 bits per heavy atom. The quantitative estimate of drug-likeness (QED) is 0.623. The van der Waals surface area contributed by atoms with Gasteiger partial charge in [0.2, 0.25) is 0 Å². The maximum absolute atomic E-state index is 11.9. The van der Waals surface area contributed by atoms with Crippen molar-refractivity contribution >= 4 is 33.7 Å². The molecular weight excluding hydrogens is 412 g/mol. The minimum atomic E-state index is -0.515. The van der Waals surface area contributed by atoms with Gasteiger partial charge in [-0.15, -0.1) is 0 Å². The molecule has 1 unspecified atom stereocenters. The summed E-state index contributed by atoms with van der Waals surface area (Å²) in [6, 6.07) is 15.2. The zero-order valence-corrected chi connectivity index (χ0v) is 17.0. The number of hydrogen-bond donors (Lipinski definition) is 2. The molecule has 0 saturated carbocycles. The topological polar surface area (TPSA) is 81.2 Å². The highest BCUT2D eigenvalue weighted by Crippen LogP contribution is 2.29. The van der Waals surface area contributed by atoms with E-state index in [1.807, 2.05) is 53.8 Å². The number of rotatable bonds is 8. The Kier molecular flexibility index (Phi) is 8.29. The number of hydrogen-bond acceptors (Lipinski definition) is 4. The predicted octanol–water partition coefficient (Wildman–Crippen LogP) is 3.23. The van der Waals surface area contributed by atoms with Gasteiger partial charge >= 0.3 is 12.1 Å². The molecule has 6 nitrogen and oxygen atoms in total. The second-order valence-corrected chi connectivity index (χ2v) is 6.63. The van der Waals surface area contributed by atoms with Crippen LogP contribution in [-0.4, -0.2) is 31.8 Å². The van der Waals surface area contributed by atoms with Gasteiger partial charge in [0.1, 0.15) is 6.04 Å². The van der Waals surface area contributed by atoms with Gasteiger partial charge in [0, 0.05) is 15.6 Å². The van der Waals surface area contributed by atoms with Crippen LogP contribution in [0.15, 0.2) is 53.0 Å². The van der Waals surface area contributed by atoms with Gasteiger partial charge in [-0.2, -0.15) is 0 Å². The third-order valence-corrected chi connectivity index (χ3v) is 4.34. The molecule has 0 aliphatic rings. The molecule has 7 heteroatoms. The highest BCUT2D eigenvalue weighted by Gasteiger charge is 2.23. The second-order valence-electron chi connectivity index (χ2n) is 5.71. The molecule has 0 aromatic heterocycles. The lowest BCUT2D eigenvalue weighted by molar-refractivity contribution is -0.677. The molecule has 0 radical (unpaired) electrons. The van der Waals surface area contributed by atoms with Gasteiger partial charge < -0.3 is 14.8 Å². The summed E-state index contributed by atoms with van der Waals surface area (Å²) in [6.45, 7) is 4.33. The zero-order chi connectivity index (χ0) is 19.6. The lowest BCUT2D eigenvalue weighted by atomic mass is 9.97. The molecule has 0 spiro atoms. The van der Waals surface area contributed by atoms with Gasteiger partial charge in [0.15, 0.2) is 6.54 Å². The first kappa shape index (κ1) is 20.9. The summed E-state index contributed by atoms with van der Waals surface area (Å²) < 4.78 is 10.9. The number of carbonyl (C=O) groups is 2. The molecule has 2 aromatic carbocycles. The maximum atomic E-state index is 11.9. The highest BCUT2D eigenvalue weighted by atomic mass is 79.9. The molecule has 0 aliphatic heterocycles. The van der Waals surface area contributed by atoms with Gasteiger partial charge in [0.05, 0.1) is 18.9 Å². The van der Waals surface area contributed by atoms with Gasteiger partial charge in [-0.3, -0.25) is 5.32 Å². The maximum Gasteiger partial charge on any atom is 0.411 e. The van der Waals surface area contributed by atoms with Crippen LogP contribution in [0.25, 0.3) is 0 Å². The van der Waals surface area contributed by atoms with Crippen LogP contribution in [0.1, 0.15) is 31.0 Å². The molecule has 0 aliphatic carbocycles. The van der Waals surface area contributed by atoms with Crippen LogP contribution in [0.4, 0.5) is 10.5 Å². The Balaban J connectivity index is 2.37. The summed E-state index contributed by atoms with van der Waals surface area (Å²) in [4.78, 5) is 23.8. The van der Waals surface area contributed by atoms with E-state index in [1.165, 1.54) is 0 Å². The Morgan fingerprint density at radius 1 is 1.07 bits per heavy atom. The number of nitrogens with two attached hydrogens (primary N) is 1. The number of ether oxygens (including phenoxy) is 2. The van der Waals surface area contributed by atoms with Crippen LogP contribution in [0.5, 0.6) is 0 Å². The number of carbonyl (C=O) groups excluding carboxylic acids is 2. The van der Waals surface area contributed by atoms with Gasteiger partial charge in [-0.1, -0.05) is 46.3 Å². The van der Waals surface area contributed by atoms with Crippen LogP contribution >= 0.6 is 15.9 Å². The second kappa shape index (κ2) is 10.7. The van der Waals surface area contributed by atoms with Gasteiger partial charge in [-0.05, 0) is 32.0 Å². The third-order valence-electron chi connectivity index (χ3n) is 3.85. The Hall–Kier alpha value is -2.38. The van der Waals surface area contributed by atoms with Crippen LogP contribution in [0.3, 0.4) is 0 Å². The first-order valence-corrected chi connectivity index (χ1v) is 9.61. The number of benzene rings is 2. The minimum Gasteiger partial charge on any atom is -0.462 e. The van der Waals surface area contributed by atoms with Crippen molar-refractivity contribution in [2.75, 3.05) is 25.1 Å². The fourth-order valence-electron chi connectivity index (χ4n) is 2.72. The van der Waals surface area contributed by atoms with Crippen LogP contribution < -0.4 is 10.6 Å². The van der Waals surface area contributed by atoms with Crippen molar-refractivity contribution in [2.45, 2.75) is 19.9 Å². The van der Waals surface area contributed by atoms with E-state index < -0.39 is 6.09 Å². The average molecular weight is 436 g/mol. The molecule has 3 N–H and O–H groups in total. The van der Waals surface area contributed by atoms with E-state index >= 15 is 0 Å². The minimum absolute atomic E-state index is 0.165. The molecule has 0 fully saturated rings. The van der Waals surface area contributed by atoms with Crippen molar-refractivity contribution in [3.63, 3.8) is 0 Å². The Bertz CT molecular complexity index is 768. The van der Waals surface area contributed by atoms with Gasteiger partial charge in [-0.25, -0.2) is 9.59 Å². The largest absolute Gasteiger partial charge is 0.462 e. The summed E-state index contributed by atoms with van der Waals surface area (Å²) in [7, 11) is 0. The van der Waals surface area contributed by atoms with E-state index in [0.29, 0.717) is 12.3 Å². The highest BCUT2D eigenvalue weighted by molar-refractivity contribution is 9.10. The average Bonchev–Trinajstić information content (AvgIpc) is 2.65. The molecule has 0 bridgehead atoms. The smallest absolute Gasteiger partial charge is 0.411 e. The lowest BCUT2D eigenvalue weighted by Gasteiger charge is -2.20. The molecule has 0 heterocycles. The molecule has 1 amide bonds. The Morgan fingerprint density at radius 3 is 2.44 bits per heavy atom. The summed E-state index contributed by atoms with van der Waals surface area (Å²) >= 11 is 3.49. The van der Waals surface area contributed by atoms with Gasteiger partial charge in [0.25, 0.3) is 0 Å². The first-order valence-electron chi connectivity index (χ1n) is 8.82. The fraction of sp³-hybridized carbons (Fsp3) is 0.300. The predicted molar refractivity (Wildman–Crippen MR) is 106 cm³/mol. The number of anilines is 1. The number of halogens is 1. The van der Waals surface area contributed by atoms with E-state index in [2.05, 4.69) is 21.2 Å². The molecule has 27 heavy (non-hydrogen) atoms. The van der Waals surface area contributed by atoms with Crippen molar-refractivity contribution < 1.29 is 24.4 Å². The van der Waals surface area contributed by atoms with Crippen LogP contribution in [0.2, 0.25) is 0 Å². The molecule has 144 valence electrons. The molecule has 1 atom stereocenters. The number of amides is 1. The summed E-state index contributed by atoms with van der Waals surface area (Å²) in [6.07, 6.45) is -0.515. The van der Waals surface area contributed by atoms with Crippen LogP contribution in [0, 0.1) is 0 Å². The van der Waals surface area contributed by atoms with Crippen molar-refractivity contribution in [1.82, 2.24) is 0 Å². The van der Waals surface area contributed by atoms with Crippen molar-refractivity contribution in [3.05, 3.63) is 64.1 Å². The van der Waals surface area contributed by atoms with E-state index in [0.717, 1.165) is 15.6 Å². The SMILES string of the molecule is CCOC(=O)C[NH2+]C(c1ccccc1)c1cc(Br)ccc1NC(=O)OCC. The summed E-state index contributed by atoms with van der Waals surface area (Å²) in [5.74, 6) is -0.284. The fourth-order valence-corrected chi connectivity index (χ4v) is 3.10. The number of nitrogens with one attached hydrogen (secondary N) is 1. The Labute approximate surface area is 167 Å².